The third-order valence-electron chi connectivity index (χ3n) is 2.90. The van der Waals surface area contributed by atoms with Crippen molar-refractivity contribution in [2.24, 2.45) is 0 Å². The second kappa shape index (κ2) is 5.23. The number of aromatic nitrogens is 1. The van der Waals surface area contributed by atoms with Crippen LogP contribution < -0.4 is 11.1 Å². The lowest BCUT2D eigenvalue weighted by molar-refractivity contribution is 0.179. The summed E-state index contributed by atoms with van der Waals surface area (Å²) in [5, 5.41) is 13.8. The highest BCUT2D eigenvalue weighted by molar-refractivity contribution is 5.97. The molecule has 0 saturated carbocycles. The van der Waals surface area contributed by atoms with Gasteiger partial charge in [0.05, 0.1) is 17.3 Å². The first-order chi connectivity index (χ1) is 8.58. The normalized spacial score (nSPS) is 14.4. The molecule has 4 heteroatoms. The maximum atomic E-state index is 9.39. The molecular formula is C14H19N3O. The lowest BCUT2D eigenvalue weighted by atomic mass is 10.1. The number of pyridine rings is 1. The SMILES string of the molecule is CC(O)CC(C)Nc1ccnc2c(N)cccc12. The zero-order valence-corrected chi connectivity index (χ0v) is 10.7. The molecule has 1 aromatic heterocycles. The van der Waals surface area contributed by atoms with Crippen LogP contribution in [0.25, 0.3) is 10.9 Å². The molecule has 0 amide bonds. The van der Waals surface area contributed by atoms with Gasteiger partial charge < -0.3 is 16.2 Å². The van der Waals surface area contributed by atoms with E-state index in [9.17, 15) is 5.11 Å². The van der Waals surface area contributed by atoms with Gasteiger partial charge in [0.25, 0.3) is 0 Å². The molecule has 0 fully saturated rings. The number of nitrogens with two attached hydrogens (primary N) is 1. The Morgan fingerprint density at radius 3 is 2.83 bits per heavy atom. The van der Waals surface area contributed by atoms with Crippen molar-refractivity contribution in [2.75, 3.05) is 11.1 Å². The van der Waals surface area contributed by atoms with E-state index in [1.54, 1.807) is 13.1 Å². The quantitative estimate of drug-likeness (QED) is 0.723. The van der Waals surface area contributed by atoms with E-state index in [0.717, 1.165) is 16.6 Å². The summed E-state index contributed by atoms with van der Waals surface area (Å²) < 4.78 is 0. The molecule has 0 aliphatic carbocycles. The number of hydrogen-bond donors (Lipinski definition) is 3. The molecule has 2 rings (SSSR count). The van der Waals surface area contributed by atoms with Gasteiger partial charge in [-0.05, 0) is 32.4 Å². The van der Waals surface area contributed by atoms with Crippen LogP contribution in [0.5, 0.6) is 0 Å². The standard InChI is InChI=1S/C14H19N3O/c1-9(8-10(2)18)17-13-6-7-16-14-11(13)4-3-5-12(14)15/h3-7,9-10,18H,8,15H2,1-2H3,(H,16,17). The molecule has 4 N–H and O–H groups in total. The molecule has 0 aliphatic heterocycles. The van der Waals surface area contributed by atoms with Gasteiger partial charge in [0.15, 0.2) is 0 Å². The van der Waals surface area contributed by atoms with Crippen LogP contribution in [0.1, 0.15) is 20.3 Å². The van der Waals surface area contributed by atoms with Gasteiger partial charge in [-0.15, -0.1) is 0 Å². The highest BCUT2D eigenvalue weighted by Crippen LogP contribution is 2.26. The fourth-order valence-electron chi connectivity index (χ4n) is 2.16. The second-order valence-electron chi connectivity index (χ2n) is 4.73. The van der Waals surface area contributed by atoms with Crippen LogP contribution >= 0.6 is 0 Å². The molecule has 2 atom stereocenters. The van der Waals surface area contributed by atoms with E-state index in [4.69, 9.17) is 5.73 Å². The number of anilines is 2. The third-order valence-corrected chi connectivity index (χ3v) is 2.90. The van der Waals surface area contributed by atoms with Crippen LogP contribution in [0.2, 0.25) is 0 Å². The number of para-hydroxylation sites is 1. The Hall–Kier alpha value is -1.81. The van der Waals surface area contributed by atoms with Crippen molar-refractivity contribution in [1.82, 2.24) is 4.98 Å². The first-order valence-electron chi connectivity index (χ1n) is 6.15. The predicted octanol–water partition coefficient (Wildman–Crippen LogP) is 2.39. The Labute approximate surface area is 107 Å². The number of benzene rings is 1. The largest absolute Gasteiger partial charge is 0.397 e. The molecule has 0 aliphatic rings. The van der Waals surface area contributed by atoms with Crippen LogP contribution in [0.15, 0.2) is 30.5 Å². The van der Waals surface area contributed by atoms with Gasteiger partial charge in [0.2, 0.25) is 0 Å². The summed E-state index contributed by atoms with van der Waals surface area (Å²) >= 11 is 0. The summed E-state index contributed by atoms with van der Waals surface area (Å²) in [5.41, 5.74) is 8.40. The number of nitrogens with zero attached hydrogens (tertiary/aromatic N) is 1. The number of aliphatic hydroxyl groups excluding tert-OH is 1. The fourth-order valence-corrected chi connectivity index (χ4v) is 2.16. The minimum atomic E-state index is -0.314. The van der Waals surface area contributed by atoms with Crippen molar-refractivity contribution < 1.29 is 5.11 Å². The maximum Gasteiger partial charge on any atom is 0.0951 e. The van der Waals surface area contributed by atoms with Gasteiger partial charge in [0.1, 0.15) is 0 Å². The molecule has 2 unspecified atom stereocenters. The van der Waals surface area contributed by atoms with Gasteiger partial charge in [-0.2, -0.15) is 0 Å². The van der Waals surface area contributed by atoms with Crippen molar-refractivity contribution in [3.8, 4) is 0 Å². The predicted molar refractivity (Wildman–Crippen MR) is 75.5 cm³/mol. The molecule has 0 bridgehead atoms. The Balaban J connectivity index is 2.31. The Kier molecular flexibility index (Phi) is 3.67. The lowest BCUT2D eigenvalue weighted by Crippen LogP contribution is -2.20. The zero-order chi connectivity index (χ0) is 13.1. The Morgan fingerprint density at radius 1 is 1.33 bits per heavy atom. The molecule has 1 heterocycles. The average Bonchev–Trinajstić information content (AvgIpc) is 2.29. The summed E-state index contributed by atoms with van der Waals surface area (Å²) in [5.74, 6) is 0. The van der Waals surface area contributed by atoms with Crippen LogP contribution in [-0.4, -0.2) is 22.2 Å². The Morgan fingerprint density at radius 2 is 2.11 bits per heavy atom. The van der Waals surface area contributed by atoms with Crippen molar-refractivity contribution >= 4 is 22.3 Å². The summed E-state index contributed by atoms with van der Waals surface area (Å²) in [4.78, 5) is 4.30. The molecule has 4 nitrogen and oxygen atoms in total. The highest BCUT2D eigenvalue weighted by atomic mass is 16.3. The van der Waals surface area contributed by atoms with Crippen molar-refractivity contribution in [2.45, 2.75) is 32.4 Å². The van der Waals surface area contributed by atoms with E-state index >= 15 is 0 Å². The van der Waals surface area contributed by atoms with Crippen LogP contribution in [0, 0.1) is 0 Å². The van der Waals surface area contributed by atoms with E-state index < -0.39 is 0 Å². The van der Waals surface area contributed by atoms with Gasteiger partial charge in [-0.1, -0.05) is 12.1 Å². The molecule has 0 radical (unpaired) electrons. The number of hydrogen-bond acceptors (Lipinski definition) is 4. The van der Waals surface area contributed by atoms with Crippen molar-refractivity contribution in [3.05, 3.63) is 30.5 Å². The number of nitrogen functional groups attached to an aromatic ring is 1. The smallest absolute Gasteiger partial charge is 0.0951 e. The van der Waals surface area contributed by atoms with E-state index in [2.05, 4.69) is 10.3 Å². The third kappa shape index (κ3) is 2.71. The first kappa shape index (κ1) is 12.6. The monoisotopic (exact) mass is 245 g/mol. The second-order valence-corrected chi connectivity index (χ2v) is 4.73. The molecule has 96 valence electrons. The molecule has 0 spiro atoms. The lowest BCUT2D eigenvalue weighted by Gasteiger charge is -2.18. The topological polar surface area (TPSA) is 71.2 Å². The minimum Gasteiger partial charge on any atom is -0.397 e. The number of aliphatic hydroxyl groups is 1. The fraction of sp³-hybridized carbons (Fsp3) is 0.357. The van der Waals surface area contributed by atoms with E-state index in [-0.39, 0.29) is 12.1 Å². The molecular weight excluding hydrogens is 226 g/mol. The van der Waals surface area contributed by atoms with Gasteiger partial charge in [-0.25, -0.2) is 0 Å². The van der Waals surface area contributed by atoms with E-state index in [0.29, 0.717) is 12.1 Å². The van der Waals surface area contributed by atoms with E-state index in [1.165, 1.54) is 0 Å². The number of rotatable bonds is 4. The summed E-state index contributed by atoms with van der Waals surface area (Å²) in [6, 6.07) is 7.88. The number of nitrogens with one attached hydrogen (secondary N) is 1. The van der Waals surface area contributed by atoms with Gasteiger partial charge in [0, 0.05) is 23.3 Å². The highest BCUT2D eigenvalue weighted by Gasteiger charge is 2.09. The molecule has 2 aromatic rings. The van der Waals surface area contributed by atoms with Crippen LogP contribution in [0.3, 0.4) is 0 Å². The molecule has 1 aromatic carbocycles. The summed E-state index contributed by atoms with van der Waals surface area (Å²) in [6.07, 6.45) is 2.13. The maximum absolute atomic E-state index is 9.39. The zero-order valence-electron chi connectivity index (χ0n) is 10.7. The summed E-state index contributed by atoms with van der Waals surface area (Å²) in [6.45, 7) is 3.84. The number of fused-ring (bicyclic) bond motifs is 1. The van der Waals surface area contributed by atoms with Crippen LogP contribution in [0.4, 0.5) is 11.4 Å². The first-order valence-corrected chi connectivity index (χ1v) is 6.15. The van der Waals surface area contributed by atoms with E-state index in [1.807, 2.05) is 31.2 Å². The molecule has 0 saturated heterocycles. The van der Waals surface area contributed by atoms with Gasteiger partial charge in [-0.3, -0.25) is 4.98 Å². The van der Waals surface area contributed by atoms with Gasteiger partial charge >= 0.3 is 0 Å². The van der Waals surface area contributed by atoms with Crippen molar-refractivity contribution in [3.63, 3.8) is 0 Å². The van der Waals surface area contributed by atoms with Crippen molar-refractivity contribution in [1.29, 1.82) is 0 Å². The Bertz CT molecular complexity index is 540. The minimum absolute atomic E-state index is 0.192. The summed E-state index contributed by atoms with van der Waals surface area (Å²) in [7, 11) is 0. The molecule has 18 heavy (non-hydrogen) atoms. The average molecular weight is 245 g/mol. The van der Waals surface area contributed by atoms with Crippen LogP contribution in [-0.2, 0) is 0 Å².